The summed E-state index contributed by atoms with van der Waals surface area (Å²) in [5.41, 5.74) is 0. The summed E-state index contributed by atoms with van der Waals surface area (Å²) in [6.07, 6.45) is 1.14. The highest BCUT2D eigenvalue weighted by Crippen LogP contribution is 2.17. The predicted octanol–water partition coefficient (Wildman–Crippen LogP) is 3.10. The summed E-state index contributed by atoms with van der Waals surface area (Å²) in [5.74, 6) is 2.31. The van der Waals surface area contributed by atoms with Crippen LogP contribution in [-0.2, 0) is 0 Å². The second kappa shape index (κ2) is 7.98. The number of rotatable bonds is 8. The number of ether oxygens (including phenoxy) is 2. The zero-order valence-electron chi connectivity index (χ0n) is 11.9. The molecule has 3 nitrogen and oxygen atoms in total. The first-order chi connectivity index (χ1) is 8.67. The molecule has 1 atom stereocenters. The van der Waals surface area contributed by atoms with E-state index in [-0.39, 0.29) is 0 Å². The fraction of sp³-hybridized carbons (Fsp3) is 0.600. The molecule has 1 N–H and O–H groups in total. The topological polar surface area (TPSA) is 30.5 Å². The highest BCUT2D eigenvalue weighted by molar-refractivity contribution is 5.31. The minimum absolute atomic E-state index is 0.395. The Labute approximate surface area is 110 Å². The van der Waals surface area contributed by atoms with Gasteiger partial charge in [0.05, 0.1) is 7.11 Å². The SMILES string of the molecule is CCCNC(COc1ccc(OC)cc1)C(C)C. The molecule has 0 radical (unpaired) electrons. The van der Waals surface area contributed by atoms with Gasteiger partial charge in [-0.1, -0.05) is 20.8 Å². The second-order valence-corrected chi connectivity index (χ2v) is 4.79. The molecule has 0 saturated heterocycles. The Morgan fingerprint density at radius 3 is 2.22 bits per heavy atom. The highest BCUT2D eigenvalue weighted by atomic mass is 16.5. The molecule has 0 aliphatic rings. The van der Waals surface area contributed by atoms with Crippen LogP contribution in [0.5, 0.6) is 11.5 Å². The van der Waals surface area contributed by atoms with Crippen LogP contribution in [0.1, 0.15) is 27.2 Å². The molecular formula is C15H25NO2. The minimum atomic E-state index is 0.395. The van der Waals surface area contributed by atoms with E-state index in [0.717, 1.165) is 24.5 Å². The van der Waals surface area contributed by atoms with E-state index in [4.69, 9.17) is 9.47 Å². The lowest BCUT2D eigenvalue weighted by atomic mass is 10.1. The van der Waals surface area contributed by atoms with E-state index in [0.29, 0.717) is 18.6 Å². The van der Waals surface area contributed by atoms with Crippen LogP contribution >= 0.6 is 0 Å². The van der Waals surface area contributed by atoms with E-state index in [2.05, 4.69) is 26.1 Å². The molecule has 0 aromatic heterocycles. The molecule has 18 heavy (non-hydrogen) atoms. The van der Waals surface area contributed by atoms with Gasteiger partial charge in [0.15, 0.2) is 0 Å². The maximum absolute atomic E-state index is 5.81. The highest BCUT2D eigenvalue weighted by Gasteiger charge is 2.12. The van der Waals surface area contributed by atoms with Gasteiger partial charge in [-0.2, -0.15) is 0 Å². The lowest BCUT2D eigenvalue weighted by Gasteiger charge is -2.22. The molecule has 3 heteroatoms. The molecule has 0 saturated carbocycles. The van der Waals surface area contributed by atoms with E-state index in [1.807, 2.05) is 24.3 Å². The van der Waals surface area contributed by atoms with Gasteiger partial charge in [-0.15, -0.1) is 0 Å². The van der Waals surface area contributed by atoms with Gasteiger partial charge in [-0.25, -0.2) is 0 Å². The summed E-state index contributed by atoms with van der Waals surface area (Å²) in [7, 11) is 1.67. The lowest BCUT2D eigenvalue weighted by Crippen LogP contribution is -2.39. The number of methoxy groups -OCH3 is 1. The van der Waals surface area contributed by atoms with Gasteiger partial charge in [0.2, 0.25) is 0 Å². The smallest absolute Gasteiger partial charge is 0.119 e. The molecule has 0 aliphatic heterocycles. The summed E-state index contributed by atoms with van der Waals surface area (Å²) in [5, 5.41) is 3.51. The van der Waals surface area contributed by atoms with Crippen LogP contribution in [-0.4, -0.2) is 26.3 Å². The number of hydrogen-bond donors (Lipinski definition) is 1. The number of nitrogens with one attached hydrogen (secondary N) is 1. The summed E-state index contributed by atoms with van der Waals surface area (Å²) in [4.78, 5) is 0. The van der Waals surface area contributed by atoms with Crippen molar-refractivity contribution in [2.24, 2.45) is 5.92 Å². The lowest BCUT2D eigenvalue weighted by molar-refractivity contribution is 0.230. The molecule has 0 aliphatic carbocycles. The van der Waals surface area contributed by atoms with Crippen molar-refractivity contribution in [2.75, 3.05) is 20.3 Å². The van der Waals surface area contributed by atoms with Crippen LogP contribution < -0.4 is 14.8 Å². The van der Waals surface area contributed by atoms with Crippen LogP contribution in [0.25, 0.3) is 0 Å². The zero-order chi connectivity index (χ0) is 13.4. The minimum Gasteiger partial charge on any atom is -0.497 e. The fourth-order valence-corrected chi connectivity index (χ4v) is 1.67. The van der Waals surface area contributed by atoms with Gasteiger partial charge in [-0.05, 0) is 43.1 Å². The largest absolute Gasteiger partial charge is 0.497 e. The first kappa shape index (κ1) is 14.8. The van der Waals surface area contributed by atoms with Crippen molar-refractivity contribution in [1.29, 1.82) is 0 Å². The van der Waals surface area contributed by atoms with Crippen LogP contribution in [0.2, 0.25) is 0 Å². The first-order valence-corrected chi connectivity index (χ1v) is 6.67. The van der Waals surface area contributed by atoms with Crippen molar-refractivity contribution in [2.45, 2.75) is 33.2 Å². The van der Waals surface area contributed by atoms with Gasteiger partial charge in [-0.3, -0.25) is 0 Å². The third kappa shape index (κ3) is 4.96. The van der Waals surface area contributed by atoms with E-state index in [1.165, 1.54) is 0 Å². The molecule has 0 amide bonds. The number of benzene rings is 1. The first-order valence-electron chi connectivity index (χ1n) is 6.67. The monoisotopic (exact) mass is 251 g/mol. The Balaban J connectivity index is 2.44. The van der Waals surface area contributed by atoms with Crippen molar-refractivity contribution >= 4 is 0 Å². The molecule has 1 aromatic rings. The summed E-state index contributed by atoms with van der Waals surface area (Å²) < 4.78 is 10.9. The Kier molecular flexibility index (Phi) is 6.58. The van der Waals surface area contributed by atoms with Crippen molar-refractivity contribution in [3.05, 3.63) is 24.3 Å². The maximum atomic E-state index is 5.81. The van der Waals surface area contributed by atoms with E-state index in [1.54, 1.807) is 7.11 Å². The Morgan fingerprint density at radius 2 is 1.72 bits per heavy atom. The van der Waals surface area contributed by atoms with Gasteiger partial charge < -0.3 is 14.8 Å². The van der Waals surface area contributed by atoms with Gasteiger partial charge in [0, 0.05) is 6.04 Å². The van der Waals surface area contributed by atoms with Crippen molar-refractivity contribution in [3.63, 3.8) is 0 Å². The Morgan fingerprint density at radius 1 is 1.11 bits per heavy atom. The van der Waals surface area contributed by atoms with Gasteiger partial charge >= 0.3 is 0 Å². The molecule has 1 aromatic carbocycles. The average Bonchev–Trinajstić information content (AvgIpc) is 2.39. The maximum Gasteiger partial charge on any atom is 0.119 e. The predicted molar refractivity (Wildman–Crippen MR) is 75.4 cm³/mol. The average molecular weight is 251 g/mol. The Hall–Kier alpha value is -1.22. The van der Waals surface area contributed by atoms with Gasteiger partial charge in [0.25, 0.3) is 0 Å². The van der Waals surface area contributed by atoms with Crippen LogP contribution in [0.15, 0.2) is 24.3 Å². The standard InChI is InChI=1S/C15H25NO2/c1-5-10-16-15(12(2)3)11-18-14-8-6-13(17-4)7-9-14/h6-9,12,15-16H,5,10-11H2,1-4H3. The van der Waals surface area contributed by atoms with E-state index >= 15 is 0 Å². The number of hydrogen-bond acceptors (Lipinski definition) is 3. The van der Waals surface area contributed by atoms with Crippen molar-refractivity contribution in [1.82, 2.24) is 5.32 Å². The van der Waals surface area contributed by atoms with E-state index in [9.17, 15) is 0 Å². The zero-order valence-corrected chi connectivity index (χ0v) is 11.9. The second-order valence-electron chi connectivity index (χ2n) is 4.79. The normalized spacial score (nSPS) is 12.5. The Bertz CT molecular complexity index is 322. The third-order valence-electron chi connectivity index (χ3n) is 2.95. The van der Waals surface area contributed by atoms with Crippen molar-refractivity contribution in [3.8, 4) is 11.5 Å². The van der Waals surface area contributed by atoms with Crippen LogP contribution in [0.4, 0.5) is 0 Å². The molecular weight excluding hydrogens is 226 g/mol. The molecule has 0 heterocycles. The molecule has 0 fully saturated rings. The molecule has 1 unspecified atom stereocenters. The van der Waals surface area contributed by atoms with Crippen molar-refractivity contribution < 1.29 is 9.47 Å². The van der Waals surface area contributed by atoms with Crippen LogP contribution in [0, 0.1) is 5.92 Å². The van der Waals surface area contributed by atoms with Crippen LogP contribution in [0.3, 0.4) is 0 Å². The van der Waals surface area contributed by atoms with Gasteiger partial charge in [0.1, 0.15) is 18.1 Å². The molecule has 0 spiro atoms. The molecule has 1 rings (SSSR count). The molecule has 102 valence electrons. The quantitative estimate of drug-likeness (QED) is 0.770. The molecule has 0 bridgehead atoms. The summed E-state index contributed by atoms with van der Waals surface area (Å²) in [6, 6.07) is 8.11. The summed E-state index contributed by atoms with van der Waals surface area (Å²) >= 11 is 0. The fourth-order valence-electron chi connectivity index (χ4n) is 1.67. The summed E-state index contributed by atoms with van der Waals surface area (Å²) in [6.45, 7) is 8.34. The third-order valence-corrected chi connectivity index (χ3v) is 2.95. The van der Waals surface area contributed by atoms with E-state index < -0.39 is 0 Å².